The number of halogens is 2. The van der Waals surface area contributed by atoms with Crippen LogP contribution in [-0.2, 0) is 5.60 Å². The molecule has 0 aromatic heterocycles. The first-order chi connectivity index (χ1) is 6.63. The number of hydrogen-bond acceptors (Lipinski definition) is 2. The van der Waals surface area contributed by atoms with Crippen molar-refractivity contribution in [2.45, 2.75) is 12.0 Å². The fraction of sp³-hybridized carbons (Fsp3) is 0.400. The molecular weight excluding hydrogens is 206 g/mol. The molecule has 1 saturated heterocycles. The molecule has 0 spiro atoms. The van der Waals surface area contributed by atoms with E-state index in [9.17, 15) is 13.9 Å². The summed E-state index contributed by atoms with van der Waals surface area (Å²) < 4.78 is 26.3. The van der Waals surface area contributed by atoms with Crippen molar-refractivity contribution in [2.24, 2.45) is 0 Å². The van der Waals surface area contributed by atoms with Crippen LogP contribution in [0.5, 0.6) is 0 Å². The maximum atomic E-state index is 13.4. The Morgan fingerprint density at radius 1 is 1.36 bits per heavy atom. The van der Waals surface area contributed by atoms with Crippen molar-refractivity contribution in [3.8, 4) is 0 Å². The van der Waals surface area contributed by atoms with E-state index in [1.165, 1.54) is 12.1 Å². The Bertz CT molecular complexity index is 348. The topological polar surface area (TPSA) is 20.2 Å². The van der Waals surface area contributed by atoms with Crippen molar-refractivity contribution in [2.75, 3.05) is 11.5 Å². The van der Waals surface area contributed by atoms with Crippen molar-refractivity contribution in [3.63, 3.8) is 0 Å². The average Bonchev–Trinajstić information content (AvgIpc) is 2.58. The lowest BCUT2D eigenvalue weighted by molar-refractivity contribution is 0.0611. The molecule has 1 nitrogen and oxygen atoms in total. The second-order valence-electron chi connectivity index (χ2n) is 3.44. The number of rotatable bonds is 1. The number of thioether (sulfide) groups is 1. The molecule has 4 heteroatoms. The van der Waals surface area contributed by atoms with Crippen LogP contribution in [0, 0.1) is 11.6 Å². The van der Waals surface area contributed by atoms with E-state index in [1.807, 2.05) is 0 Å². The normalized spacial score (nSPS) is 26.8. The molecule has 2 rings (SSSR count). The summed E-state index contributed by atoms with van der Waals surface area (Å²) in [5.41, 5.74) is -1.10. The van der Waals surface area contributed by atoms with E-state index in [2.05, 4.69) is 0 Å². The highest BCUT2D eigenvalue weighted by atomic mass is 32.2. The summed E-state index contributed by atoms with van der Waals surface area (Å²) >= 11 is 1.55. The standard InChI is InChI=1S/C10H10F2OS/c11-8-3-1-2-7(9(8)12)10(13)4-5-14-6-10/h1-3,13H,4-6H2. The molecule has 14 heavy (non-hydrogen) atoms. The van der Waals surface area contributed by atoms with E-state index < -0.39 is 17.2 Å². The van der Waals surface area contributed by atoms with Gasteiger partial charge in [0.15, 0.2) is 11.6 Å². The molecule has 1 N–H and O–H groups in total. The number of hydrogen-bond donors (Lipinski definition) is 1. The van der Waals surface area contributed by atoms with Gasteiger partial charge in [-0.1, -0.05) is 12.1 Å². The Kier molecular flexibility index (Phi) is 2.49. The van der Waals surface area contributed by atoms with E-state index in [4.69, 9.17) is 0 Å². The predicted octanol–water partition coefficient (Wildman–Crippen LogP) is 2.29. The van der Waals surface area contributed by atoms with E-state index in [0.717, 1.165) is 11.8 Å². The van der Waals surface area contributed by atoms with Gasteiger partial charge in [0.1, 0.15) is 5.60 Å². The summed E-state index contributed by atoms with van der Waals surface area (Å²) in [6, 6.07) is 3.93. The molecule has 1 unspecified atom stereocenters. The minimum absolute atomic E-state index is 0.0856. The maximum Gasteiger partial charge on any atom is 0.164 e. The highest BCUT2D eigenvalue weighted by molar-refractivity contribution is 7.99. The lowest BCUT2D eigenvalue weighted by Gasteiger charge is -2.22. The first-order valence-electron chi connectivity index (χ1n) is 4.38. The van der Waals surface area contributed by atoms with Crippen molar-refractivity contribution in [3.05, 3.63) is 35.4 Å². The van der Waals surface area contributed by atoms with E-state index >= 15 is 0 Å². The summed E-state index contributed by atoms with van der Waals surface area (Å²) in [7, 11) is 0. The lowest BCUT2D eigenvalue weighted by Crippen LogP contribution is -2.26. The Hall–Kier alpha value is -0.610. The molecule has 0 aliphatic carbocycles. The zero-order valence-electron chi connectivity index (χ0n) is 7.46. The fourth-order valence-corrected chi connectivity index (χ4v) is 2.89. The van der Waals surface area contributed by atoms with Crippen LogP contribution < -0.4 is 0 Å². The number of benzene rings is 1. The summed E-state index contributed by atoms with van der Waals surface area (Å²) in [6.07, 6.45) is 0.484. The van der Waals surface area contributed by atoms with Crippen molar-refractivity contribution in [1.29, 1.82) is 0 Å². The Labute approximate surface area is 85.1 Å². The molecule has 76 valence electrons. The molecule has 0 amide bonds. The van der Waals surface area contributed by atoms with Crippen LogP contribution in [0.2, 0.25) is 0 Å². The maximum absolute atomic E-state index is 13.4. The van der Waals surface area contributed by atoms with Crippen molar-refractivity contribution in [1.82, 2.24) is 0 Å². The van der Waals surface area contributed by atoms with Crippen LogP contribution in [0.25, 0.3) is 0 Å². The second kappa shape index (κ2) is 3.51. The summed E-state index contributed by atoms with van der Waals surface area (Å²) in [6.45, 7) is 0. The Morgan fingerprint density at radius 2 is 2.14 bits per heavy atom. The molecule has 1 aliphatic rings. The molecule has 0 saturated carbocycles. The van der Waals surface area contributed by atoms with E-state index in [1.54, 1.807) is 11.8 Å². The molecule has 1 aromatic rings. The molecule has 1 atom stereocenters. The van der Waals surface area contributed by atoms with Crippen LogP contribution >= 0.6 is 11.8 Å². The van der Waals surface area contributed by atoms with Crippen LogP contribution in [0.1, 0.15) is 12.0 Å². The zero-order chi connectivity index (χ0) is 10.2. The van der Waals surface area contributed by atoms with Crippen molar-refractivity contribution >= 4 is 11.8 Å². The monoisotopic (exact) mass is 216 g/mol. The Balaban J connectivity index is 2.45. The smallest absolute Gasteiger partial charge is 0.164 e. The minimum atomic E-state index is -1.18. The SMILES string of the molecule is OC1(c2cccc(F)c2F)CCSC1. The van der Waals surface area contributed by atoms with Gasteiger partial charge in [-0.2, -0.15) is 11.8 Å². The molecule has 0 radical (unpaired) electrons. The highest BCUT2D eigenvalue weighted by Crippen LogP contribution is 2.38. The largest absolute Gasteiger partial charge is 0.384 e. The molecule has 1 fully saturated rings. The van der Waals surface area contributed by atoms with Gasteiger partial charge in [-0.15, -0.1) is 0 Å². The third kappa shape index (κ3) is 1.53. The molecule has 0 bridgehead atoms. The predicted molar refractivity (Wildman–Crippen MR) is 52.2 cm³/mol. The first-order valence-corrected chi connectivity index (χ1v) is 5.53. The van der Waals surface area contributed by atoms with Gasteiger partial charge in [-0.05, 0) is 18.2 Å². The van der Waals surface area contributed by atoms with Gasteiger partial charge in [-0.25, -0.2) is 8.78 Å². The van der Waals surface area contributed by atoms with Gasteiger partial charge >= 0.3 is 0 Å². The fourth-order valence-electron chi connectivity index (χ4n) is 1.63. The van der Waals surface area contributed by atoms with Crippen molar-refractivity contribution < 1.29 is 13.9 Å². The second-order valence-corrected chi connectivity index (χ2v) is 4.54. The van der Waals surface area contributed by atoms with Crippen LogP contribution in [0.4, 0.5) is 8.78 Å². The minimum Gasteiger partial charge on any atom is -0.384 e. The number of aliphatic hydroxyl groups is 1. The molecule has 1 aromatic carbocycles. The van der Waals surface area contributed by atoms with Crippen LogP contribution in [0.15, 0.2) is 18.2 Å². The molecule has 1 heterocycles. The summed E-state index contributed by atoms with van der Waals surface area (Å²) in [4.78, 5) is 0. The summed E-state index contributed by atoms with van der Waals surface area (Å²) in [5.74, 6) is -0.592. The zero-order valence-corrected chi connectivity index (χ0v) is 8.28. The Morgan fingerprint density at radius 3 is 2.79 bits per heavy atom. The van der Waals surface area contributed by atoms with Crippen LogP contribution in [0.3, 0.4) is 0 Å². The van der Waals surface area contributed by atoms with Gasteiger partial charge in [-0.3, -0.25) is 0 Å². The third-order valence-electron chi connectivity index (χ3n) is 2.45. The van der Waals surface area contributed by atoms with Gasteiger partial charge in [0.2, 0.25) is 0 Å². The van der Waals surface area contributed by atoms with Crippen LogP contribution in [-0.4, -0.2) is 16.6 Å². The first kappa shape index (κ1) is 9.93. The van der Waals surface area contributed by atoms with E-state index in [-0.39, 0.29) is 5.56 Å². The molecular formula is C10H10F2OS. The van der Waals surface area contributed by atoms with E-state index in [0.29, 0.717) is 12.2 Å². The average molecular weight is 216 g/mol. The van der Waals surface area contributed by atoms with Gasteiger partial charge in [0.05, 0.1) is 0 Å². The van der Waals surface area contributed by atoms with Gasteiger partial charge in [0, 0.05) is 11.3 Å². The third-order valence-corrected chi connectivity index (χ3v) is 3.63. The highest BCUT2D eigenvalue weighted by Gasteiger charge is 2.36. The van der Waals surface area contributed by atoms with Gasteiger partial charge < -0.3 is 5.11 Å². The lowest BCUT2D eigenvalue weighted by atomic mass is 9.93. The summed E-state index contributed by atoms with van der Waals surface area (Å²) in [5, 5.41) is 10.0. The van der Waals surface area contributed by atoms with Gasteiger partial charge in [0.25, 0.3) is 0 Å². The quantitative estimate of drug-likeness (QED) is 0.777. The molecule has 1 aliphatic heterocycles.